The zero-order chi connectivity index (χ0) is 13.7. The van der Waals surface area contributed by atoms with Crippen molar-refractivity contribution in [3.63, 3.8) is 0 Å². The van der Waals surface area contributed by atoms with E-state index in [1.807, 2.05) is 48.5 Å². The first kappa shape index (κ1) is 14.1. The predicted octanol–water partition coefficient (Wildman–Crippen LogP) is 4.12. The molecular weight excluding hydrogens is 351 g/mol. The summed E-state index contributed by atoms with van der Waals surface area (Å²) in [6.45, 7) is 0. The fourth-order valence-corrected chi connectivity index (χ4v) is 2.19. The van der Waals surface area contributed by atoms with Crippen LogP contribution in [0.5, 0.6) is 5.75 Å². The van der Waals surface area contributed by atoms with Gasteiger partial charge < -0.3 is 4.74 Å². The highest BCUT2D eigenvalue weighted by Gasteiger charge is 2.06. The van der Waals surface area contributed by atoms with Crippen molar-refractivity contribution >= 4 is 28.4 Å². The van der Waals surface area contributed by atoms with Crippen LogP contribution in [0, 0.1) is 3.57 Å². The summed E-state index contributed by atoms with van der Waals surface area (Å²) in [5, 5.41) is 0. The summed E-state index contributed by atoms with van der Waals surface area (Å²) in [6, 6.07) is 15.5. The van der Waals surface area contributed by atoms with Crippen LogP contribution in [0.1, 0.15) is 22.3 Å². The van der Waals surface area contributed by atoms with Crippen molar-refractivity contribution < 1.29 is 9.53 Å². The maximum atomic E-state index is 12.0. The normalized spacial score (nSPS) is 10.2. The summed E-state index contributed by atoms with van der Waals surface area (Å²) >= 11 is 2.23. The van der Waals surface area contributed by atoms with Crippen LogP contribution in [-0.4, -0.2) is 12.9 Å². The van der Waals surface area contributed by atoms with Gasteiger partial charge in [-0.3, -0.25) is 4.79 Å². The van der Waals surface area contributed by atoms with Crippen LogP contribution in [0.3, 0.4) is 0 Å². The number of Topliss-reactive ketones (excluding diaryl/α,β-unsaturated/α-hetero) is 1. The van der Waals surface area contributed by atoms with Crippen LogP contribution in [-0.2, 0) is 6.42 Å². The number of carbonyl (C=O) groups is 1. The van der Waals surface area contributed by atoms with E-state index in [4.69, 9.17) is 4.74 Å². The Hall–Kier alpha value is -1.36. The number of carbonyl (C=O) groups excluding carboxylic acids is 1. The average Bonchev–Trinajstić information content (AvgIpc) is 2.46. The van der Waals surface area contributed by atoms with Crippen molar-refractivity contribution in [2.45, 2.75) is 12.8 Å². The lowest BCUT2D eigenvalue weighted by Crippen LogP contribution is -2.01. The Morgan fingerprint density at radius 1 is 1.05 bits per heavy atom. The molecule has 2 nitrogen and oxygen atoms in total. The van der Waals surface area contributed by atoms with E-state index >= 15 is 0 Å². The Morgan fingerprint density at radius 3 is 2.26 bits per heavy atom. The van der Waals surface area contributed by atoms with Gasteiger partial charge in [0.2, 0.25) is 0 Å². The van der Waals surface area contributed by atoms with Crippen LogP contribution in [0.4, 0.5) is 0 Å². The molecule has 0 radical (unpaired) electrons. The zero-order valence-electron chi connectivity index (χ0n) is 10.7. The quantitative estimate of drug-likeness (QED) is 0.588. The van der Waals surface area contributed by atoms with Gasteiger partial charge in [0.25, 0.3) is 0 Å². The van der Waals surface area contributed by atoms with Crippen LogP contribution >= 0.6 is 22.6 Å². The third-order valence-corrected chi connectivity index (χ3v) is 3.69. The van der Waals surface area contributed by atoms with Gasteiger partial charge in [-0.2, -0.15) is 0 Å². The van der Waals surface area contributed by atoms with Gasteiger partial charge in [-0.1, -0.05) is 24.3 Å². The van der Waals surface area contributed by atoms with Crippen molar-refractivity contribution in [2.75, 3.05) is 7.11 Å². The highest BCUT2D eigenvalue weighted by atomic mass is 127. The van der Waals surface area contributed by atoms with Crippen molar-refractivity contribution in [1.82, 2.24) is 0 Å². The molecule has 0 saturated heterocycles. The van der Waals surface area contributed by atoms with E-state index < -0.39 is 0 Å². The summed E-state index contributed by atoms with van der Waals surface area (Å²) in [5.74, 6) is 1.03. The molecule has 0 spiro atoms. The third-order valence-electron chi connectivity index (χ3n) is 2.97. The molecule has 0 N–H and O–H groups in total. The lowest BCUT2D eigenvalue weighted by Gasteiger charge is -2.04. The molecular formula is C16H15IO2. The zero-order valence-corrected chi connectivity index (χ0v) is 12.9. The van der Waals surface area contributed by atoms with Gasteiger partial charge in [-0.15, -0.1) is 0 Å². The lowest BCUT2D eigenvalue weighted by atomic mass is 10.0. The number of ketones is 1. The molecule has 2 aromatic carbocycles. The van der Waals surface area contributed by atoms with Gasteiger partial charge in [0, 0.05) is 15.6 Å². The van der Waals surface area contributed by atoms with Crippen molar-refractivity contribution in [1.29, 1.82) is 0 Å². The molecule has 0 amide bonds. The molecule has 0 unspecified atom stereocenters. The molecule has 0 heterocycles. The topological polar surface area (TPSA) is 26.3 Å². The van der Waals surface area contributed by atoms with Crippen LogP contribution in [0.25, 0.3) is 0 Å². The number of aryl methyl sites for hydroxylation is 1. The molecule has 2 rings (SSSR count). The number of halogens is 1. The molecule has 0 atom stereocenters. The summed E-state index contributed by atoms with van der Waals surface area (Å²) in [6.07, 6.45) is 1.29. The summed E-state index contributed by atoms with van der Waals surface area (Å²) < 4.78 is 6.25. The largest absolute Gasteiger partial charge is 0.497 e. The van der Waals surface area contributed by atoms with Gasteiger partial charge in [0.1, 0.15) is 5.75 Å². The third kappa shape index (κ3) is 4.06. The maximum absolute atomic E-state index is 12.0. The summed E-state index contributed by atoms with van der Waals surface area (Å²) in [4.78, 5) is 12.0. The van der Waals surface area contributed by atoms with E-state index in [-0.39, 0.29) is 5.78 Å². The molecule has 98 valence electrons. The van der Waals surface area contributed by atoms with Gasteiger partial charge >= 0.3 is 0 Å². The molecule has 0 aliphatic rings. The van der Waals surface area contributed by atoms with Crippen LogP contribution < -0.4 is 4.74 Å². The second kappa shape index (κ2) is 6.70. The van der Waals surface area contributed by atoms with Crippen molar-refractivity contribution in [3.05, 3.63) is 63.2 Å². The van der Waals surface area contributed by atoms with E-state index in [2.05, 4.69) is 22.6 Å². The molecule has 0 fully saturated rings. The first-order chi connectivity index (χ1) is 9.19. The molecule has 0 aliphatic heterocycles. The minimum atomic E-state index is 0.187. The lowest BCUT2D eigenvalue weighted by molar-refractivity contribution is 0.0983. The first-order valence-corrected chi connectivity index (χ1v) is 7.18. The van der Waals surface area contributed by atoms with E-state index in [1.165, 1.54) is 0 Å². The van der Waals surface area contributed by atoms with Gasteiger partial charge in [0.15, 0.2) is 5.78 Å². The second-order valence-electron chi connectivity index (χ2n) is 4.28. The highest BCUT2D eigenvalue weighted by molar-refractivity contribution is 14.1. The Kier molecular flexibility index (Phi) is 4.96. The first-order valence-electron chi connectivity index (χ1n) is 6.11. The monoisotopic (exact) mass is 366 g/mol. The second-order valence-corrected chi connectivity index (χ2v) is 5.52. The van der Waals surface area contributed by atoms with Crippen molar-refractivity contribution in [3.8, 4) is 5.75 Å². The smallest absolute Gasteiger partial charge is 0.163 e. The van der Waals surface area contributed by atoms with Gasteiger partial charge in [0.05, 0.1) is 7.11 Å². The van der Waals surface area contributed by atoms with Gasteiger partial charge in [-0.25, -0.2) is 0 Å². The molecule has 0 aliphatic carbocycles. The Bertz CT molecular complexity index is 544. The molecule has 19 heavy (non-hydrogen) atoms. The SMILES string of the molecule is COc1ccc(CCC(=O)c2ccc(I)cc2)cc1. The van der Waals surface area contributed by atoms with E-state index in [1.54, 1.807) is 7.11 Å². The number of benzene rings is 2. The molecule has 2 aromatic rings. The fourth-order valence-electron chi connectivity index (χ4n) is 1.83. The minimum Gasteiger partial charge on any atom is -0.497 e. The molecule has 0 aromatic heterocycles. The van der Waals surface area contributed by atoms with E-state index in [9.17, 15) is 4.79 Å². The highest BCUT2D eigenvalue weighted by Crippen LogP contribution is 2.14. The Morgan fingerprint density at radius 2 is 1.68 bits per heavy atom. The molecule has 0 saturated carbocycles. The van der Waals surface area contributed by atoms with E-state index in [0.29, 0.717) is 6.42 Å². The Balaban J connectivity index is 1.94. The molecule has 3 heteroatoms. The van der Waals surface area contributed by atoms with Crippen LogP contribution in [0.2, 0.25) is 0 Å². The number of ether oxygens (including phenoxy) is 1. The standard InChI is InChI=1S/C16H15IO2/c1-19-15-9-2-12(3-10-15)4-11-16(18)13-5-7-14(17)8-6-13/h2-3,5-10H,4,11H2,1H3. The number of hydrogen-bond donors (Lipinski definition) is 0. The summed E-state index contributed by atoms with van der Waals surface area (Å²) in [7, 11) is 1.65. The number of rotatable bonds is 5. The predicted molar refractivity (Wildman–Crippen MR) is 84.8 cm³/mol. The minimum absolute atomic E-state index is 0.187. The fraction of sp³-hybridized carbons (Fsp3) is 0.188. The van der Waals surface area contributed by atoms with Gasteiger partial charge in [-0.05, 0) is 58.8 Å². The number of hydrogen-bond acceptors (Lipinski definition) is 2. The molecule has 0 bridgehead atoms. The van der Waals surface area contributed by atoms with Crippen LogP contribution in [0.15, 0.2) is 48.5 Å². The number of methoxy groups -OCH3 is 1. The van der Waals surface area contributed by atoms with E-state index in [0.717, 1.165) is 26.9 Å². The Labute approximate surface area is 126 Å². The maximum Gasteiger partial charge on any atom is 0.163 e. The summed E-state index contributed by atoms with van der Waals surface area (Å²) in [5.41, 5.74) is 1.94. The van der Waals surface area contributed by atoms with Crippen molar-refractivity contribution in [2.24, 2.45) is 0 Å². The average molecular weight is 366 g/mol.